The van der Waals surface area contributed by atoms with Crippen LogP contribution in [0.2, 0.25) is 0 Å². The van der Waals surface area contributed by atoms with Gasteiger partial charge in [0.25, 0.3) is 0 Å². The molecule has 0 aliphatic carbocycles. The van der Waals surface area contributed by atoms with Crippen molar-refractivity contribution in [2.45, 2.75) is 26.9 Å². The fourth-order valence-corrected chi connectivity index (χ4v) is 3.37. The van der Waals surface area contributed by atoms with Gasteiger partial charge in [0.05, 0.1) is 26.0 Å². The minimum Gasteiger partial charge on any atom is -0.464 e. The third kappa shape index (κ3) is 5.46. The summed E-state index contributed by atoms with van der Waals surface area (Å²) in [6, 6.07) is 14.5. The maximum Gasteiger partial charge on any atom is 0.358 e. The first-order valence-corrected chi connectivity index (χ1v) is 11.1. The molecule has 0 saturated heterocycles. The number of carbonyl (C=O) groups is 1. The summed E-state index contributed by atoms with van der Waals surface area (Å²) in [5.74, 6) is 0.0564. The standard InChI is InChI=1S/C25H24N6O5/c1-4-30-24(33)29-23(31(25(30)34)15-17-7-5-16(2)6-8-17)27-18-9-11-19(12-10-18)36-21-14-26-13-20(28-21)22(32)35-3/h5-14H,4,15H2,1-3H3,(H,27,29,33). The highest BCUT2D eigenvalue weighted by atomic mass is 16.5. The van der Waals surface area contributed by atoms with Crippen LogP contribution in [0.25, 0.3) is 0 Å². The van der Waals surface area contributed by atoms with E-state index < -0.39 is 17.3 Å². The van der Waals surface area contributed by atoms with E-state index in [0.717, 1.165) is 15.7 Å². The number of nitrogens with one attached hydrogen (secondary N) is 1. The molecule has 11 heteroatoms. The van der Waals surface area contributed by atoms with Crippen LogP contribution in [0.4, 0.5) is 11.6 Å². The van der Waals surface area contributed by atoms with E-state index in [2.05, 4.69) is 25.0 Å². The lowest BCUT2D eigenvalue weighted by atomic mass is 10.1. The highest BCUT2D eigenvalue weighted by Gasteiger charge is 2.14. The van der Waals surface area contributed by atoms with E-state index in [4.69, 9.17) is 4.74 Å². The van der Waals surface area contributed by atoms with Gasteiger partial charge >= 0.3 is 17.3 Å². The smallest absolute Gasteiger partial charge is 0.358 e. The monoisotopic (exact) mass is 488 g/mol. The molecule has 1 N–H and O–H groups in total. The molecule has 0 aliphatic rings. The van der Waals surface area contributed by atoms with Crippen LogP contribution in [-0.2, 0) is 17.8 Å². The minimum absolute atomic E-state index is 0.0210. The van der Waals surface area contributed by atoms with Crippen molar-refractivity contribution in [3.63, 3.8) is 0 Å². The average molecular weight is 489 g/mol. The first-order valence-electron chi connectivity index (χ1n) is 11.1. The van der Waals surface area contributed by atoms with Crippen LogP contribution >= 0.6 is 0 Å². The minimum atomic E-state index is -0.630. The SMILES string of the molecule is CCn1c(=O)nc(Nc2ccc(Oc3cncc(C(=O)OC)n3)cc2)n(Cc2ccc(C)cc2)c1=O. The molecule has 0 fully saturated rings. The molecule has 0 spiro atoms. The number of hydrogen-bond donors (Lipinski definition) is 1. The highest BCUT2D eigenvalue weighted by Crippen LogP contribution is 2.23. The number of rotatable bonds is 8. The zero-order valence-electron chi connectivity index (χ0n) is 20.0. The molecule has 0 unspecified atom stereocenters. The lowest BCUT2D eigenvalue weighted by Gasteiger charge is -2.15. The van der Waals surface area contributed by atoms with Crippen LogP contribution in [0.1, 0.15) is 28.5 Å². The van der Waals surface area contributed by atoms with Crippen molar-refractivity contribution >= 4 is 17.6 Å². The van der Waals surface area contributed by atoms with Crippen molar-refractivity contribution in [3.05, 3.63) is 98.7 Å². The Morgan fingerprint density at radius 2 is 1.69 bits per heavy atom. The van der Waals surface area contributed by atoms with Crippen molar-refractivity contribution in [1.82, 2.24) is 24.1 Å². The fourth-order valence-electron chi connectivity index (χ4n) is 3.37. The molecule has 4 rings (SSSR count). The predicted octanol–water partition coefficient (Wildman–Crippen LogP) is 2.89. The fraction of sp³-hybridized carbons (Fsp3) is 0.200. The van der Waals surface area contributed by atoms with E-state index in [9.17, 15) is 14.4 Å². The van der Waals surface area contributed by atoms with Crippen LogP contribution in [0.15, 0.2) is 70.5 Å². The quantitative estimate of drug-likeness (QED) is 0.372. The summed E-state index contributed by atoms with van der Waals surface area (Å²) in [5.41, 5.74) is 1.51. The Hall–Kier alpha value is -4.80. The molecular formula is C25H24N6O5. The molecule has 0 bridgehead atoms. The van der Waals surface area contributed by atoms with Gasteiger partial charge in [0.2, 0.25) is 11.8 Å². The molecule has 2 aromatic carbocycles. The summed E-state index contributed by atoms with van der Waals surface area (Å²) < 4.78 is 12.8. The highest BCUT2D eigenvalue weighted by molar-refractivity contribution is 5.86. The molecule has 0 saturated carbocycles. The van der Waals surface area contributed by atoms with E-state index in [-0.39, 0.29) is 30.6 Å². The average Bonchev–Trinajstić information content (AvgIpc) is 2.88. The summed E-state index contributed by atoms with van der Waals surface area (Å²) in [7, 11) is 1.25. The van der Waals surface area contributed by atoms with Gasteiger partial charge in [0, 0.05) is 12.2 Å². The van der Waals surface area contributed by atoms with Gasteiger partial charge in [-0.2, -0.15) is 4.98 Å². The van der Waals surface area contributed by atoms with Gasteiger partial charge in [-0.05, 0) is 43.7 Å². The molecule has 0 atom stereocenters. The third-order valence-corrected chi connectivity index (χ3v) is 5.27. The second-order valence-corrected chi connectivity index (χ2v) is 7.80. The lowest BCUT2D eigenvalue weighted by Crippen LogP contribution is -2.42. The molecule has 11 nitrogen and oxygen atoms in total. The van der Waals surface area contributed by atoms with Gasteiger partial charge in [-0.3, -0.25) is 9.55 Å². The molecular weight excluding hydrogens is 464 g/mol. The Labute approximate surface area is 206 Å². The number of ether oxygens (including phenoxy) is 2. The van der Waals surface area contributed by atoms with Gasteiger partial charge in [0.15, 0.2) is 5.69 Å². The number of methoxy groups -OCH3 is 1. The van der Waals surface area contributed by atoms with E-state index in [1.807, 2.05) is 31.2 Å². The third-order valence-electron chi connectivity index (χ3n) is 5.27. The van der Waals surface area contributed by atoms with Crippen molar-refractivity contribution in [1.29, 1.82) is 0 Å². The molecule has 4 aromatic rings. The lowest BCUT2D eigenvalue weighted by molar-refractivity contribution is 0.0592. The number of anilines is 2. The van der Waals surface area contributed by atoms with Gasteiger partial charge < -0.3 is 14.8 Å². The summed E-state index contributed by atoms with van der Waals surface area (Å²) >= 11 is 0. The van der Waals surface area contributed by atoms with Gasteiger partial charge in [-0.15, -0.1) is 0 Å². The Bertz CT molecular complexity index is 1490. The molecule has 36 heavy (non-hydrogen) atoms. The Kier molecular flexibility index (Phi) is 7.19. The van der Waals surface area contributed by atoms with Crippen molar-refractivity contribution in [2.75, 3.05) is 12.4 Å². The van der Waals surface area contributed by atoms with Gasteiger partial charge in [-0.1, -0.05) is 29.8 Å². The Morgan fingerprint density at radius 1 is 0.972 bits per heavy atom. The number of hydrogen-bond acceptors (Lipinski definition) is 9. The second kappa shape index (κ2) is 10.6. The van der Waals surface area contributed by atoms with E-state index >= 15 is 0 Å². The van der Waals surface area contributed by atoms with E-state index in [1.165, 1.54) is 24.1 Å². The normalized spacial score (nSPS) is 10.6. The van der Waals surface area contributed by atoms with Crippen LogP contribution in [0, 0.1) is 6.92 Å². The van der Waals surface area contributed by atoms with Crippen molar-refractivity contribution < 1.29 is 14.3 Å². The first kappa shape index (κ1) is 24.3. The van der Waals surface area contributed by atoms with E-state index in [0.29, 0.717) is 11.4 Å². The van der Waals surface area contributed by atoms with Crippen LogP contribution in [0.5, 0.6) is 11.6 Å². The summed E-state index contributed by atoms with van der Waals surface area (Å²) in [4.78, 5) is 49.2. The maximum atomic E-state index is 13.0. The first-order chi connectivity index (χ1) is 17.4. The topological polar surface area (TPSA) is 130 Å². The summed E-state index contributed by atoms with van der Waals surface area (Å²) in [6.07, 6.45) is 2.65. The molecule has 184 valence electrons. The zero-order valence-corrected chi connectivity index (χ0v) is 20.0. The van der Waals surface area contributed by atoms with Gasteiger partial charge in [0.1, 0.15) is 5.75 Å². The molecule has 0 aliphatic heterocycles. The Balaban J connectivity index is 1.58. The zero-order chi connectivity index (χ0) is 25.7. The number of carbonyl (C=O) groups excluding carboxylic acids is 1. The van der Waals surface area contributed by atoms with Gasteiger partial charge in [-0.25, -0.2) is 23.9 Å². The molecule has 2 heterocycles. The van der Waals surface area contributed by atoms with Crippen LogP contribution in [0.3, 0.4) is 0 Å². The largest absolute Gasteiger partial charge is 0.464 e. The molecule has 2 aromatic heterocycles. The van der Waals surface area contributed by atoms with Crippen molar-refractivity contribution in [2.24, 2.45) is 0 Å². The number of aromatic nitrogens is 5. The second-order valence-electron chi connectivity index (χ2n) is 7.80. The molecule has 0 amide bonds. The number of aryl methyl sites for hydroxylation is 1. The summed E-state index contributed by atoms with van der Waals surface area (Å²) in [5, 5.41) is 3.05. The van der Waals surface area contributed by atoms with Crippen LogP contribution < -0.4 is 21.4 Å². The van der Waals surface area contributed by atoms with E-state index in [1.54, 1.807) is 31.2 Å². The number of esters is 1. The Morgan fingerprint density at radius 3 is 2.36 bits per heavy atom. The number of benzene rings is 2. The van der Waals surface area contributed by atoms with Crippen molar-refractivity contribution in [3.8, 4) is 11.6 Å². The summed E-state index contributed by atoms with van der Waals surface area (Å²) in [6.45, 7) is 4.16. The maximum absolute atomic E-state index is 13.0. The van der Waals surface area contributed by atoms with Crippen LogP contribution in [-0.4, -0.2) is 37.2 Å². The molecule has 0 radical (unpaired) electrons. The number of nitrogens with zero attached hydrogens (tertiary/aromatic N) is 5. The predicted molar refractivity (Wildman–Crippen MR) is 132 cm³/mol.